The van der Waals surface area contributed by atoms with Crippen LogP contribution in [0.5, 0.6) is 0 Å². The number of alkyl halides is 3. The molecule has 0 spiro atoms. The predicted molar refractivity (Wildman–Crippen MR) is 126 cm³/mol. The minimum Gasteiger partial charge on any atom is -0.395 e. The van der Waals surface area contributed by atoms with E-state index in [1.54, 1.807) is 5.38 Å². The van der Waals surface area contributed by atoms with Crippen molar-refractivity contribution in [2.75, 3.05) is 6.61 Å². The van der Waals surface area contributed by atoms with Crippen molar-refractivity contribution in [1.82, 2.24) is 20.1 Å². The van der Waals surface area contributed by atoms with E-state index in [1.165, 1.54) is 29.8 Å². The Hall–Kier alpha value is -2.23. The number of halogens is 6. The second-order valence-electron chi connectivity index (χ2n) is 8.10. The summed E-state index contributed by atoms with van der Waals surface area (Å²) in [7, 11) is 0. The Kier molecular flexibility index (Phi) is 6.76. The summed E-state index contributed by atoms with van der Waals surface area (Å²) >= 11 is 10.0. The van der Waals surface area contributed by atoms with Crippen LogP contribution in [0.15, 0.2) is 40.4 Å². The fraction of sp³-hybridized carbons (Fsp3) is 0.333. The number of fused-ring (bicyclic) bond motifs is 1. The molecule has 0 amide bonds. The van der Waals surface area contributed by atoms with Gasteiger partial charge in [-0.25, -0.2) is 14.1 Å². The summed E-state index contributed by atoms with van der Waals surface area (Å²) in [4.78, 5) is 4.08. The molecular formula is C21H17BrClF4N5O3S. The molecule has 8 nitrogen and oxygen atoms in total. The number of nitrogens with two attached hydrogens (primary N) is 1. The topological polar surface area (TPSA) is 107 Å². The third-order valence-corrected chi connectivity index (χ3v) is 7.69. The minimum absolute atomic E-state index is 0.146. The lowest BCUT2D eigenvalue weighted by Gasteiger charge is -2.50. The van der Waals surface area contributed by atoms with Crippen molar-refractivity contribution < 1.29 is 32.1 Å². The summed E-state index contributed by atoms with van der Waals surface area (Å²) in [5, 5.41) is 20.6. The van der Waals surface area contributed by atoms with Gasteiger partial charge < -0.3 is 25.6 Å². The first-order valence-electron chi connectivity index (χ1n) is 10.4. The quantitative estimate of drug-likeness (QED) is 0.375. The molecule has 192 valence electrons. The number of benzene rings is 1. The molecule has 2 fully saturated rings. The molecule has 0 aliphatic carbocycles. The molecule has 0 bridgehead atoms. The summed E-state index contributed by atoms with van der Waals surface area (Å²) in [5.41, 5.74) is 4.83. The second kappa shape index (κ2) is 9.58. The van der Waals surface area contributed by atoms with Crippen molar-refractivity contribution in [3.8, 4) is 5.69 Å². The molecule has 2 aliphatic heterocycles. The Morgan fingerprint density at radius 3 is 2.81 bits per heavy atom. The van der Waals surface area contributed by atoms with Gasteiger partial charge in [-0.3, -0.25) is 0 Å². The largest absolute Gasteiger partial charge is 0.418 e. The molecule has 0 radical (unpaired) electrons. The van der Waals surface area contributed by atoms with Gasteiger partial charge in [0, 0.05) is 17.8 Å². The van der Waals surface area contributed by atoms with E-state index in [2.05, 4.69) is 31.3 Å². The molecule has 1 aromatic carbocycles. The van der Waals surface area contributed by atoms with Crippen molar-refractivity contribution in [1.29, 1.82) is 0 Å². The monoisotopic (exact) mass is 609 g/mol. The first kappa shape index (κ1) is 25.4. The molecule has 2 aromatic heterocycles. The number of nitrogens with one attached hydrogen (secondary N) is 1. The lowest BCUT2D eigenvalue weighted by molar-refractivity contribution is -0.276. The molecule has 36 heavy (non-hydrogen) atoms. The average Bonchev–Trinajstić information content (AvgIpc) is 3.45. The lowest BCUT2D eigenvalue weighted by Crippen LogP contribution is -2.66. The lowest BCUT2D eigenvalue weighted by atomic mass is 9.88. The van der Waals surface area contributed by atoms with Gasteiger partial charge in [-0.2, -0.15) is 18.3 Å². The van der Waals surface area contributed by atoms with E-state index < -0.39 is 53.7 Å². The van der Waals surface area contributed by atoms with Crippen LogP contribution in [0.2, 0.25) is 5.15 Å². The molecule has 4 heterocycles. The molecule has 2 aliphatic rings. The molecule has 0 saturated carbocycles. The SMILES string of the molecule is N/C(=C\NC1C(O)C(c2ccnn2-c2cc(Br)c(F)cc2C(F)(F)F)OC2COC21)c1nc(Cl)cs1. The smallest absolute Gasteiger partial charge is 0.395 e. The molecule has 2 saturated heterocycles. The molecule has 5 atom stereocenters. The fourth-order valence-electron chi connectivity index (χ4n) is 4.13. The normalized spacial score (nSPS) is 26.4. The zero-order valence-corrected chi connectivity index (χ0v) is 21.1. The van der Waals surface area contributed by atoms with E-state index in [4.69, 9.17) is 26.8 Å². The number of aliphatic hydroxyl groups is 1. The standard InChI is InChI=1S/C21H17BrClF4N5O3S/c22-9-4-13(8(3-10(9)24)21(25,26)27)32-12(1-2-30-32)18-17(33)16(19-14(35-18)6-34-19)29-5-11(28)20-31-15(23)7-36-20/h1-5,7,14,16-19,29,33H,6,28H2/b11-5-. The van der Waals surface area contributed by atoms with Crippen LogP contribution in [-0.4, -0.2) is 50.8 Å². The highest BCUT2D eigenvalue weighted by Crippen LogP contribution is 2.41. The van der Waals surface area contributed by atoms with Crippen LogP contribution in [0.4, 0.5) is 17.6 Å². The fourth-order valence-corrected chi connectivity index (χ4v) is 5.34. The van der Waals surface area contributed by atoms with Gasteiger partial charge in [0.15, 0.2) is 0 Å². The summed E-state index contributed by atoms with van der Waals surface area (Å²) in [6.07, 6.45) is -5.44. The van der Waals surface area contributed by atoms with Crippen LogP contribution in [0.1, 0.15) is 22.4 Å². The van der Waals surface area contributed by atoms with E-state index in [0.29, 0.717) is 16.2 Å². The Bertz CT molecular complexity index is 1320. The third-order valence-electron chi connectivity index (χ3n) is 5.86. The van der Waals surface area contributed by atoms with Crippen molar-refractivity contribution in [3.63, 3.8) is 0 Å². The van der Waals surface area contributed by atoms with Gasteiger partial charge in [-0.05, 0) is 34.1 Å². The number of thiazole rings is 1. The zero-order chi connectivity index (χ0) is 25.8. The highest BCUT2D eigenvalue weighted by molar-refractivity contribution is 9.10. The Morgan fingerprint density at radius 2 is 2.17 bits per heavy atom. The van der Waals surface area contributed by atoms with Crippen molar-refractivity contribution in [2.24, 2.45) is 5.73 Å². The second-order valence-corrected chi connectivity index (χ2v) is 10.2. The van der Waals surface area contributed by atoms with Gasteiger partial charge in [-0.1, -0.05) is 11.6 Å². The summed E-state index contributed by atoms with van der Waals surface area (Å²) in [5.74, 6) is -1.07. The summed E-state index contributed by atoms with van der Waals surface area (Å²) in [6.45, 7) is 0.234. The average molecular weight is 611 g/mol. The van der Waals surface area contributed by atoms with Crippen LogP contribution < -0.4 is 11.1 Å². The van der Waals surface area contributed by atoms with E-state index >= 15 is 0 Å². The highest BCUT2D eigenvalue weighted by Gasteiger charge is 2.52. The maximum absolute atomic E-state index is 14.0. The molecule has 15 heteroatoms. The van der Waals surface area contributed by atoms with E-state index in [-0.39, 0.29) is 22.5 Å². The van der Waals surface area contributed by atoms with Gasteiger partial charge in [-0.15, -0.1) is 11.3 Å². The third kappa shape index (κ3) is 4.61. The first-order valence-corrected chi connectivity index (χ1v) is 12.5. The van der Waals surface area contributed by atoms with Crippen molar-refractivity contribution in [3.05, 3.63) is 67.7 Å². The number of ether oxygens (including phenoxy) is 2. The zero-order valence-electron chi connectivity index (χ0n) is 17.9. The Balaban J connectivity index is 1.48. The van der Waals surface area contributed by atoms with Crippen LogP contribution >= 0.6 is 38.9 Å². The van der Waals surface area contributed by atoms with Crippen LogP contribution in [0, 0.1) is 5.82 Å². The van der Waals surface area contributed by atoms with Crippen molar-refractivity contribution in [2.45, 2.75) is 36.6 Å². The number of aromatic nitrogens is 3. The van der Waals surface area contributed by atoms with Crippen LogP contribution in [-0.2, 0) is 15.7 Å². The van der Waals surface area contributed by atoms with Gasteiger partial charge in [0.05, 0.1) is 39.8 Å². The molecular weight excluding hydrogens is 594 g/mol. The highest BCUT2D eigenvalue weighted by atomic mass is 79.9. The molecule has 4 N–H and O–H groups in total. The molecule has 5 unspecified atom stereocenters. The summed E-state index contributed by atoms with van der Waals surface area (Å²) in [6, 6.07) is 2.09. The maximum Gasteiger partial charge on any atom is 0.418 e. The number of hydrogen-bond donors (Lipinski definition) is 3. The Morgan fingerprint density at radius 1 is 1.39 bits per heavy atom. The maximum atomic E-state index is 14.0. The van der Waals surface area contributed by atoms with Gasteiger partial charge in [0.1, 0.15) is 40.4 Å². The predicted octanol–water partition coefficient (Wildman–Crippen LogP) is 4.02. The molecule has 5 rings (SSSR count). The minimum atomic E-state index is -4.86. The first-order chi connectivity index (χ1) is 17.0. The van der Waals surface area contributed by atoms with Gasteiger partial charge >= 0.3 is 6.18 Å². The Labute approximate surface area is 218 Å². The number of hydrogen-bond acceptors (Lipinski definition) is 8. The van der Waals surface area contributed by atoms with Crippen molar-refractivity contribution >= 4 is 44.6 Å². The number of nitrogens with zero attached hydrogens (tertiary/aromatic N) is 3. The van der Waals surface area contributed by atoms with Crippen LogP contribution in [0.3, 0.4) is 0 Å². The van der Waals surface area contributed by atoms with E-state index in [0.717, 1.165) is 10.7 Å². The van der Waals surface area contributed by atoms with Gasteiger partial charge in [0.25, 0.3) is 0 Å². The van der Waals surface area contributed by atoms with Crippen LogP contribution in [0.25, 0.3) is 11.4 Å². The molecule has 3 aromatic rings. The van der Waals surface area contributed by atoms with Gasteiger partial charge in [0.2, 0.25) is 0 Å². The number of aliphatic hydroxyl groups excluding tert-OH is 1. The van der Waals surface area contributed by atoms with E-state index in [1.807, 2.05) is 0 Å². The van der Waals surface area contributed by atoms with E-state index in [9.17, 15) is 22.7 Å². The number of rotatable bonds is 5. The summed E-state index contributed by atoms with van der Waals surface area (Å²) < 4.78 is 67.6.